The first-order valence-electron chi connectivity index (χ1n) is 27.1. The van der Waals surface area contributed by atoms with Gasteiger partial charge in [0.1, 0.15) is 0 Å². The van der Waals surface area contributed by atoms with Crippen molar-refractivity contribution in [1.82, 2.24) is 19.5 Å². The van der Waals surface area contributed by atoms with Crippen LogP contribution in [0.3, 0.4) is 0 Å². The highest BCUT2D eigenvalue weighted by Gasteiger charge is 2.41. The Hall–Kier alpha value is -9.76. The van der Waals surface area contributed by atoms with Crippen molar-refractivity contribution in [3.05, 3.63) is 289 Å². The van der Waals surface area contributed by atoms with Crippen molar-refractivity contribution in [3.63, 3.8) is 0 Å². The van der Waals surface area contributed by atoms with Crippen LogP contribution in [0.25, 0.3) is 95.0 Å². The lowest BCUT2D eigenvalue weighted by Crippen LogP contribution is -2.74. The van der Waals surface area contributed by atoms with Crippen molar-refractivity contribution in [2.45, 2.75) is 26.9 Å². The average Bonchev–Trinajstić information content (AvgIpc) is 4.03. The summed E-state index contributed by atoms with van der Waals surface area (Å²) in [6, 6.07) is 91.8. The Morgan fingerprint density at radius 2 is 0.716 bits per heavy atom. The third-order valence-corrected chi connectivity index (χ3v) is 20.3. The van der Waals surface area contributed by atoms with E-state index in [1.807, 2.05) is 84.9 Å². The minimum Gasteiger partial charge on any atom is -0.308 e. The van der Waals surface area contributed by atoms with E-state index in [1.165, 1.54) is 32.9 Å². The molecule has 0 unspecified atom stereocenters. The van der Waals surface area contributed by atoms with Gasteiger partial charge in [-0.15, -0.1) is 0 Å². The number of benzene rings is 11. The quantitative estimate of drug-likeness (QED) is 0.0958. The maximum Gasteiger partial charge on any atom is 0.416 e. The predicted molar refractivity (Wildman–Crippen MR) is 330 cm³/mol. The standard InChI is InChI=1S/C73H53F3N4Si/c1-48-38-49(2)40-57(39-48)54-33-36-67-65(45-54)66-46-55(58-41-50(3)42-59(43-58)73(74,75)76)34-37-68(66)80(67)69-47-56(32-35-64(69)72-78-70(51-20-9-4-10-21-51)77-71(79-72)52-22-11-5-12-23-52)53-24-19-31-63(44-53)81(60-25-13-6-14-26-60,61-27-15-7-16-28-61)62-29-17-8-18-30-62/h4-47H,1-3H3. The molecule has 0 radical (unpaired) electrons. The summed E-state index contributed by atoms with van der Waals surface area (Å²) in [4.78, 5) is 15.7. The minimum atomic E-state index is -4.51. The Morgan fingerprint density at radius 1 is 0.321 bits per heavy atom. The number of alkyl halides is 3. The third-order valence-electron chi connectivity index (χ3n) is 15.5. The molecule has 0 fully saturated rings. The molecule has 0 N–H and O–H groups in total. The normalized spacial score (nSPS) is 11.8. The van der Waals surface area contributed by atoms with Crippen LogP contribution in [0.15, 0.2) is 267 Å². The van der Waals surface area contributed by atoms with Crippen LogP contribution in [-0.4, -0.2) is 27.6 Å². The number of aryl methyl sites for hydroxylation is 3. The number of fused-ring (bicyclic) bond motifs is 3. The van der Waals surface area contributed by atoms with Gasteiger partial charge in [-0.05, 0) is 129 Å². The first kappa shape index (κ1) is 50.7. The largest absolute Gasteiger partial charge is 0.416 e. The molecule has 81 heavy (non-hydrogen) atoms. The molecule has 0 atom stereocenters. The summed E-state index contributed by atoms with van der Waals surface area (Å²) in [5.74, 6) is 1.56. The molecule has 0 aliphatic carbocycles. The Kier molecular flexibility index (Phi) is 13.0. The minimum absolute atomic E-state index is 0.486. The number of aromatic nitrogens is 4. The van der Waals surface area contributed by atoms with Crippen LogP contribution in [0, 0.1) is 20.8 Å². The molecule has 13 rings (SSSR count). The maximum atomic E-state index is 14.5. The van der Waals surface area contributed by atoms with Gasteiger partial charge in [0.05, 0.1) is 22.3 Å². The summed E-state index contributed by atoms with van der Waals surface area (Å²) in [6.07, 6.45) is -4.51. The van der Waals surface area contributed by atoms with Gasteiger partial charge in [0.2, 0.25) is 0 Å². The Bertz CT molecular complexity index is 4290. The van der Waals surface area contributed by atoms with Crippen LogP contribution < -0.4 is 20.7 Å². The van der Waals surface area contributed by atoms with Gasteiger partial charge in [0, 0.05) is 27.5 Å². The number of rotatable bonds is 11. The van der Waals surface area contributed by atoms with Gasteiger partial charge in [-0.25, -0.2) is 15.0 Å². The van der Waals surface area contributed by atoms with E-state index in [2.05, 4.69) is 188 Å². The lowest BCUT2D eigenvalue weighted by molar-refractivity contribution is -0.137. The van der Waals surface area contributed by atoms with Gasteiger partial charge in [0.25, 0.3) is 0 Å². The molecule has 390 valence electrons. The average molecular weight is 1070 g/mol. The highest BCUT2D eigenvalue weighted by molar-refractivity contribution is 7.19. The molecule has 11 aromatic carbocycles. The van der Waals surface area contributed by atoms with Crippen LogP contribution in [0.1, 0.15) is 22.3 Å². The van der Waals surface area contributed by atoms with Gasteiger partial charge in [-0.2, -0.15) is 13.2 Å². The Balaban J connectivity index is 1.10. The predicted octanol–water partition coefficient (Wildman–Crippen LogP) is 16.3. The van der Waals surface area contributed by atoms with Gasteiger partial charge in [-0.1, -0.05) is 230 Å². The van der Waals surface area contributed by atoms with Gasteiger partial charge < -0.3 is 4.57 Å². The van der Waals surface area contributed by atoms with Crippen LogP contribution in [-0.2, 0) is 6.18 Å². The second-order valence-corrected chi connectivity index (χ2v) is 24.8. The Labute approximate surface area is 470 Å². The smallest absolute Gasteiger partial charge is 0.308 e. The second-order valence-electron chi connectivity index (χ2n) is 21.0. The summed E-state index contributed by atoms with van der Waals surface area (Å²) in [7, 11) is -2.93. The number of hydrogen-bond donors (Lipinski definition) is 0. The van der Waals surface area contributed by atoms with Crippen LogP contribution in [0.2, 0.25) is 0 Å². The molecule has 0 aliphatic heterocycles. The van der Waals surface area contributed by atoms with E-state index in [0.29, 0.717) is 34.2 Å². The Morgan fingerprint density at radius 3 is 1.21 bits per heavy atom. The van der Waals surface area contributed by atoms with Crippen molar-refractivity contribution in [3.8, 4) is 73.2 Å². The van der Waals surface area contributed by atoms with Gasteiger partial charge >= 0.3 is 6.18 Å². The first-order chi connectivity index (χ1) is 39.5. The monoisotopic (exact) mass is 1070 g/mol. The highest BCUT2D eigenvalue weighted by Crippen LogP contribution is 2.42. The third kappa shape index (κ3) is 9.53. The van der Waals surface area contributed by atoms with Crippen molar-refractivity contribution in [2.24, 2.45) is 0 Å². The van der Waals surface area contributed by atoms with Crippen LogP contribution in [0.4, 0.5) is 13.2 Å². The lowest BCUT2D eigenvalue weighted by Gasteiger charge is -2.34. The molecular weight excluding hydrogens is 1020 g/mol. The van der Waals surface area contributed by atoms with Crippen molar-refractivity contribution >= 4 is 50.6 Å². The fraction of sp³-hybridized carbons (Fsp3) is 0.0548. The first-order valence-corrected chi connectivity index (χ1v) is 29.1. The number of halogens is 3. The van der Waals surface area contributed by atoms with E-state index in [0.717, 1.165) is 77.6 Å². The molecular formula is C73H53F3N4Si. The molecule has 0 aliphatic rings. The van der Waals surface area contributed by atoms with Crippen molar-refractivity contribution < 1.29 is 13.2 Å². The van der Waals surface area contributed by atoms with E-state index in [1.54, 1.807) is 6.92 Å². The summed E-state index contributed by atoms with van der Waals surface area (Å²) in [6.45, 7) is 5.93. The highest BCUT2D eigenvalue weighted by atomic mass is 28.3. The molecule has 0 saturated carbocycles. The molecule has 0 amide bonds. The lowest BCUT2D eigenvalue weighted by atomic mass is 9.97. The maximum absolute atomic E-state index is 14.5. The van der Waals surface area contributed by atoms with E-state index in [9.17, 15) is 13.2 Å². The van der Waals surface area contributed by atoms with E-state index >= 15 is 0 Å². The molecule has 0 saturated heterocycles. The summed E-state index contributed by atoms with van der Waals surface area (Å²) >= 11 is 0. The zero-order valence-corrected chi connectivity index (χ0v) is 45.8. The zero-order chi connectivity index (χ0) is 55.2. The van der Waals surface area contributed by atoms with E-state index in [-0.39, 0.29) is 0 Å². The molecule has 4 nitrogen and oxygen atoms in total. The molecule has 0 spiro atoms. The molecule has 13 aromatic rings. The number of nitrogens with zero attached hydrogens (tertiary/aromatic N) is 4. The molecule has 8 heteroatoms. The topological polar surface area (TPSA) is 43.6 Å². The number of hydrogen-bond acceptors (Lipinski definition) is 3. The molecule has 0 bridgehead atoms. The second kappa shape index (κ2) is 20.8. The fourth-order valence-electron chi connectivity index (χ4n) is 11.9. The van der Waals surface area contributed by atoms with Crippen molar-refractivity contribution in [1.29, 1.82) is 0 Å². The van der Waals surface area contributed by atoms with E-state index in [4.69, 9.17) is 15.0 Å². The summed E-state index contributed by atoms with van der Waals surface area (Å²) in [5.41, 5.74) is 12.5. The van der Waals surface area contributed by atoms with Crippen LogP contribution in [0.5, 0.6) is 0 Å². The van der Waals surface area contributed by atoms with Gasteiger partial charge in [0.15, 0.2) is 25.5 Å². The zero-order valence-electron chi connectivity index (χ0n) is 44.8. The SMILES string of the molecule is Cc1cc(C)cc(-c2ccc3c(c2)c2cc(-c4cc(C)cc(C(F)(F)F)c4)ccc2n3-c2cc(-c3cccc([Si](c4ccccc4)(c4ccccc4)c4ccccc4)c3)ccc2-c2nc(-c3ccccc3)nc(-c3ccccc3)n2)c1. The summed E-state index contributed by atoms with van der Waals surface area (Å²) < 4.78 is 45.6. The van der Waals surface area contributed by atoms with Gasteiger partial charge in [-0.3, -0.25) is 0 Å². The van der Waals surface area contributed by atoms with E-state index < -0.39 is 19.8 Å². The van der Waals surface area contributed by atoms with Crippen molar-refractivity contribution in [2.75, 3.05) is 0 Å². The molecule has 2 aromatic heterocycles. The summed E-state index contributed by atoms with van der Waals surface area (Å²) in [5, 5.41) is 6.90. The van der Waals surface area contributed by atoms with Crippen LogP contribution >= 0.6 is 0 Å². The fourth-order valence-corrected chi connectivity index (χ4v) is 16.7. The molecule has 2 heterocycles.